The number of rotatable bonds is 4. The van der Waals surface area contributed by atoms with Crippen LogP contribution < -0.4 is 5.73 Å². The van der Waals surface area contributed by atoms with Crippen molar-refractivity contribution in [2.24, 2.45) is 0 Å². The van der Waals surface area contributed by atoms with Gasteiger partial charge in [-0.15, -0.1) is 11.3 Å². The highest BCUT2D eigenvalue weighted by Gasteiger charge is 2.27. The smallest absolute Gasteiger partial charge is 0.383 e. The Bertz CT molecular complexity index is 582. The van der Waals surface area contributed by atoms with Crippen LogP contribution in [0, 0.1) is 0 Å². The largest absolute Gasteiger partial charge is 0.411 e. The maximum Gasteiger partial charge on any atom is 0.411 e. The van der Waals surface area contributed by atoms with Crippen molar-refractivity contribution >= 4 is 27.4 Å². The summed E-state index contributed by atoms with van der Waals surface area (Å²) in [7, 11) is 0. The minimum atomic E-state index is -4.35. The van der Waals surface area contributed by atoms with Gasteiger partial charge in [0.25, 0.3) is 0 Å². The van der Waals surface area contributed by atoms with E-state index in [4.69, 9.17) is 5.73 Å². The second-order valence-electron chi connectivity index (χ2n) is 3.92. The molecular formula is C11H12F3N3OS. The van der Waals surface area contributed by atoms with Crippen LogP contribution in [-0.4, -0.2) is 22.8 Å². The number of nitrogens with two attached hydrogens (primary N) is 1. The average Bonchev–Trinajstić information content (AvgIpc) is 2.71. The molecular weight excluding hydrogens is 279 g/mol. The fourth-order valence-corrected chi connectivity index (χ4v) is 2.53. The zero-order valence-corrected chi connectivity index (χ0v) is 10.9. The van der Waals surface area contributed by atoms with Crippen LogP contribution in [0.25, 0.3) is 10.2 Å². The van der Waals surface area contributed by atoms with Gasteiger partial charge in [0.15, 0.2) is 5.82 Å². The first kappa shape index (κ1) is 14.0. The highest BCUT2D eigenvalue weighted by atomic mass is 32.1. The topological polar surface area (TPSA) is 61.0 Å². The van der Waals surface area contributed by atoms with E-state index in [0.29, 0.717) is 4.83 Å². The van der Waals surface area contributed by atoms with Gasteiger partial charge in [-0.1, -0.05) is 6.92 Å². The van der Waals surface area contributed by atoms with Gasteiger partial charge in [0, 0.05) is 4.88 Å². The number of fused-ring (bicyclic) bond motifs is 1. The molecule has 19 heavy (non-hydrogen) atoms. The summed E-state index contributed by atoms with van der Waals surface area (Å²) in [5.41, 5.74) is 5.76. The van der Waals surface area contributed by atoms with E-state index in [-0.39, 0.29) is 18.2 Å². The quantitative estimate of drug-likeness (QED) is 0.941. The molecule has 0 radical (unpaired) electrons. The van der Waals surface area contributed by atoms with Crippen LogP contribution in [0.1, 0.15) is 17.6 Å². The molecule has 0 atom stereocenters. The Labute approximate surface area is 111 Å². The zero-order chi connectivity index (χ0) is 14.0. The summed E-state index contributed by atoms with van der Waals surface area (Å²) in [5, 5.41) is 0.737. The first-order valence-electron chi connectivity index (χ1n) is 5.58. The van der Waals surface area contributed by atoms with E-state index in [2.05, 4.69) is 14.7 Å². The van der Waals surface area contributed by atoms with Gasteiger partial charge in [-0.25, -0.2) is 9.97 Å². The predicted octanol–water partition coefficient (Wildman–Crippen LogP) is 2.91. The van der Waals surface area contributed by atoms with Crippen LogP contribution in [0.5, 0.6) is 0 Å². The van der Waals surface area contributed by atoms with Crippen LogP contribution >= 0.6 is 11.3 Å². The average molecular weight is 291 g/mol. The highest BCUT2D eigenvalue weighted by Crippen LogP contribution is 2.28. The summed E-state index contributed by atoms with van der Waals surface area (Å²) in [5.74, 6) is 0.435. The van der Waals surface area contributed by atoms with Crippen molar-refractivity contribution in [1.29, 1.82) is 0 Å². The molecule has 0 amide bonds. The number of hydrogen-bond acceptors (Lipinski definition) is 5. The third kappa shape index (κ3) is 3.54. The second kappa shape index (κ2) is 5.30. The molecule has 2 N–H and O–H groups in total. The number of aryl methyl sites for hydroxylation is 1. The third-order valence-corrected chi connectivity index (χ3v) is 3.54. The molecule has 0 aliphatic rings. The number of ether oxygens (including phenoxy) is 1. The number of nitrogen functional groups attached to an aromatic ring is 1. The van der Waals surface area contributed by atoms with Crippen LogP contribution in [0.15, 0.2) is 6.07 Å². The standard InChI is InChI=1S/C11H12F3N3OS/c1-2-6-3-7-9(15)16-8(17-10(7)19-6)4-18-5-11(12,13)14/h3H,2,4-5H2,1H3,(H2,15,16,17). The van der Waals surface area contributed by atoms with Crippen LogP contribution in [-0.2, 0) is 17.8 Å². The summed E-state index contributed by atoms with van der Waals surface area (Å²) in [6, 6.07) is 1.90. The van der Waals surface area contributed by atoms with Gasteiger partial charge in [0.2, 0.25) is 0 Å². The predicted molar refractivity (Wildman–Crippen MR) is 66.9 cm³/mol. The normalized spacial score (nSPS) is 12.2. The van der Waals surface area contributed by atoms with Gasteiger partial charge >= 0.3 is 6.18 Å². The maximum atomic E-state index is 12.0. The van der Waals surface area contributed by atoms with E-state index in [9.17, 15) is 13.2 Å². The number of hydrogen-bond donors (Lipinski definition) is 1. The van der Waals surface area contributed by atoms with Crippen LogP contribution in [0.2, 0.25) is 0 Å². The lowest BCUT2D eigenvalue weighted by atomic mass is 10.3. The molecule has 0 unspecified atom stereocenters. The number of anilines is 1. The van der Waals surface area contributed by atoms with E-state index in [1.807, 2.05) is 13.0 Å². The Morgan fingerprint density at radius 1 is 1.37 bits per heavy atom. The van der Waals surface area contributed by atoms with Crippen molar-refractivity contribution in [3.63, 3.8) is 0 Å². The summed E-state index contributed by atoms with van der Waals surface area (Å²) in [4.78, 5) is 9.89. The van der Waals surface area contributed by atoms with Crippen molar-refractivity contribution in [3.05, 3.63) is 16.8 Å². The number of aromatic nitrogens is 2. The molecule has 0 bridgehead atoms. The van der Waals surface area contributed by atoms with E-state index in [1.54, 1.807) is 0 Å². The fraction of sp³-hybridized carbons (Fsp3) is 0.455. The molecule has 2 aromatic rings. The fourth-order valence-electron chi connectivity index (χ4n) is 1.54. The summed E-state index contributed by atoms with van der Waals surface area (Å²) in [6.07, 6.45) is -3.51. The van der Waals surface area contributed by atoms with Gasteiger partial charge in [-0.2, -0.15) is 13.2 Å². The monoisotopic (exact) mass is 291 g/mol. The molecule has 0 fully saturated rings. The van der Waals surface area contributed by atoms with E-state index < -0.39 is 12.8 Å². The molecule has 2 rings (SSSR count). The molecule has 0 saturated heterocycles. The Morgan fingerprint density at radius 2 is 2.11 bits per heavy atom. The Morgan fingerprint density at radius 3 is 2.74 bits per heavy atom. The number of thiophene rings is 1. The molecule has 104 valence electrons. The van der Waals surface area contributed by atoms with Gasteiger partial charge in [0.05, 0.1) is 5.39 Å². The first-order chi connectivity index (χ1) is 8.89. The summed E-state index contributed by atoms with van der Waals surface area (Å²) >= 11 is 1.46. The maximum absolute atomic E-state index is 12.0. The molecule has 2 aromatic heterocycles. The van der Waals surface area contributed by atoms with Crippen molar-refractivity contribution in [2.45, 2.75) is 26.1 Å². The highest BCUT2D eigenvalue weighted by molar-refractivity contribution is 7.18. The van der Waals surface area contributed by atoms with E-state index >= 15 is 0 Å². The number of alkyl halides is 3. The summed E-state index contributed by atoms with van der Waals surface area (Å²) < 4.78 is 40.4. The molecule has 0 spiro atoms. The van der Waals surface area contributed by atoms with Crippen molar-refractivity contribution in [3.8, 4) is 0 Å². The van der Waals surface area contributed by atoms with Crippen LogP contribution in [0.4, 0.5) is 19.0 Å². The Kier molecular flexibility index (Phi) is 3.91. The van der Waals surface area contributed by atoms with Crippen molar-refractivity contribution in [2.75, 3.05) is 12.3 Å². The Hall–Kier alpha value is -1.41. The van der Waals surface area contributed by atoms with Gasteiger partial charge in [-0.05, 0) is 12.5 Å². The summed E-state index contributed by atoms with van der Waals surface area (Å²) in [6.45, 7) is 0.375. The number of nitrogens with zero attached hydrogens (tertiary/aromatic N) is 2. The van der Waals surface area contributed by atoms with Crippen LogP contribution in [0.3, 0.4) is 0 Å². The molecule has 0 aliphatic heterocycles. The zero-order valence-electron chi connectivity index (χ0n) is 10.1. The SMILES string of the molecule is CCc1cc2c(N)nc(COCC(F)(F)F)nc2s1. The third-order valence-electron chi connectivity index (χ3n) is 2.36. The van der Waals surface area contributed by atoms with Gasteiger partial charge in [0.1, 0.15) is 23.9 Å². The molecule has 0 aliphatic carbocycles. The molecule has 8 heteroatoms. The van der Waals surface area contributed by atoms with Crippen molar-refractivity contribution < 1.29 is 17.9 Å². The molecule has 0 saturated carbocycles. The Balaban J connectivity index is 2.16. The van der Waals surface area contributed by atoms with E-state index in [1.165, 1.54) is 11.3 Å². The first-order valence-corrected chi connectivity index (χ1v) is 6.40. The lowest BCUT2D eigenvalue weighted by Crippen LogP contribution is -2.17. The second-order valence-corrected chi connectivity index (χ2v) is 5.03. The van der Waals surface area contributed by atoms with Gasteiger partial charge < -0.3 is 10.5 Å². The molecule has 0 aromatic carbocycles. The lowest BCUT2D eigenvalue weighted by Gasteiger charge is -2.07. The molecule has 2 heterocycles. The minimum Gasteiger partial charge on any atom is -0.383 e. The number of halogens is 3. The van der Waals surface area contributed by atoms with Gasteiger partial charge in [-0.3, -0.25) is 0 Å². The minimum absolute atomic E-state index is 0.166. The molecule has 4 nitrogen and oxygen atoms in total. The van der Waals surface area contributed by atoms with E-state index in [0.717, 1.165) is 16.7 Å². The lowest BCUT2D eigenvalue weighted by molar-refractivity contribution is -0.177. The van der Waals surface area contributed by atoms with Crippen molar-refractivity contribution in [1.82, 2.24) is 9.97 Å².